The van der Waals surface area contributed by atoms with Crippen molar-refractivity contribution in [1.82, 2.24) is 9.97 Å². The van der Waals surface area contributed by atoms with Crippen molar-refractivity contribution in [2.75, 3.05) is 23.7 Å². The van der Waals surface area contributed by atoms with Crippen molar-refractivity contribution < 1.29 is 66.6 Å². The smallest absolute Gasteiger partial charge is 0.444 e. The number of amides is 2. The molecule has 0 saturated carbocycles. The molecule has 0 aromatic carbocycles. The highest BCUT2D eigenvalue weighted by atomic mass is 31.2. The van der Waals surface area contributed by atoms with E-state index < -0.39 is 97.7 Å². The van der Waals surface area contributed by atoms with E-state index in [0.29, 0.717) is 0 Å². The monoisotopic (exact) mass is 676 g/mol. The minimum absolute atomic E-state index is 0.103. The predicted octanol–water partition coefficient (Wildman–Crippen LogP) is 3.63. The number of rotatable bonds is 3. The summed E-state index contributed by atoms with van der Waals surface area (Å²) in [4.78, 5) is 48.6. The molecule has 2 fully saturated rings. The van der Waals surface area contributed by atoms with Gasteiger partial charge in [0.05, 0.1) is 11.5 Å². The molecule has 0 bridgehead atoms. The fourth-order valence-electron chi connectivity index (χ4n) is 4.69. The van der Waals surface area contributed by atoms with Gasteiger partial charge in [0.1, 0.15) is 16.8 Å². The average Bonchev–Trinajstić information content (AvgIpc) is 2.85. The molecular weight excluding hydrogens is 635 g/mol. The van der Waals surface area contributed by atoms with Crippen LogP contribution in [0.15, 0.2) is 0 Å². The van der Waals surface area contributed by atoms with Crippen LogP contribution in [0.2, 0.25) is 0 Å². The van der Waals surface area contributed by atoms with E-state index in [1.165, 1.54) is 0 Å². The molecule has 2 amide bonds. The first-order chi connectivity index (χ1) is 20.9. The highest BCUT2D eigenvalue weighted by Crippen LogP contribution is 2.57. The van der Waals surface area contributed by atoms with Crippen molar-refractivity contribution in [3.05, 3.63) is 5.56 Å². The van der Waals surface area contributed by atoms with E-state index in [0.717, 1.165) is 12.0 Å². The van der Waals surface area contributed by atoms with Crippen LogP contribution in [0.1, 0.15) is 67.9 Å². The van der Waals surface area contributed by atoms with Crippen LogP contribution in [-0.2, 0) is 43.7 Å². The van der Waals surface area contributed by atoms with E-state index in [9.17, 15) is 29.2 Å². The fourth-order valence-corrected chi connectivity index (χ4v) is 5.87. The summed E-state index contributed by atoms with van der Waals surface area (Å²) in [6.07, 6.45) is -9.10. The lowest BCUT2D eigenvalue weighted by Crippen LogP contribution is -2.71. The molecule has 19 heteroatoms. The van der Waals surface area contributed by atoms with E-state index in [4.69, 9.17) is 37.5 Å². The summed E-state index contributed by atoms with van der Waals surface area (Å²) in [6.45, 7) is 14.5. The molecule has 0 spiro atoms. The van der Waals surface area contributed by atoms with Crippen molar-refractivity contribution in [3.63, 3.8) is 0 Å². The summed E-state index contributed by atoms with van der Waals surface area (Å²) in [6, 6.07) is 0. The molecule has 5 atom stereocenters. The normalized spacial score (nSPS) is 27.3. The summed E-state index contributed by atoms with van der Waals surface area (Å²) in [7, 11) is -2.81. The van der Waals surface area contributed by atoms with Crippen LogP contribution in [0.5, 0.6) is 5.88 Å². The SMILES string of the molecule is COP1(=O)CO[C@H]2O[C@@H]3[C@@H](Cc4c(OC(=O)OC(C)(C)C)nc(NC(=O)OC(C)(C)C)nc4N3C(=O)OC(C)(C)C)C(O)(O)[C@H]2O1. The van der Waals surface area contributed by atoms with Gasteiger partial charge < -0.3 is 43.2 Å². The molecule has 0 aliphatic carbocycles. The first-order valence-corrected chi connectivity index (χ1v) is 16.0. The summed E-state index contributed by atoms with van der Waals surface area (Å²) >= 11 is 0. The lowest BCUT2D eigenvalue weighted by molar-refractivity contribution is -0.375. The van der Waals surface area contributed by atoms with Gasteiger partial charge in [0.15, 0.2) is 30.8 Å². The molecule has 1 aromatic rings. The van der Waals surface area contributed by atoms with Gasteiger partial charge in [0.2, 0.25) is 17.6 Å². The van der Waals surface area contributed by atoms with Gasteiger partial charge in [-0.05, 0) is 68.7 Å². The number of nitrogens with zero attached hydrogens (tertiary/aromatic N) is 3. The molecule has 1 unspecified atom stereocenters. The minimum atomic E-state index is -3.91. The maximum absolute atomic E-state index is 13.8. The first-order valence-electron chi connectivity index (χ1n) is 14.3. The first kappa shape index (κ1) is 35.7. The van der Waals surface area contributed by atoms with Gasteiger partial charge in [-0.2, -0.15) is 9.97 Å². The van der Waals surface area contributed by atoms with Crippen molar-refractivity contribution >= 4 is 37.7 Å². The van der Waals surface area contributed by atoms with Crippen LogP contribution < -0.4 is 15.0 Å². The molecule has 46 heavy (non-hydrogen) atoms. The van der Waals surface area contributed by atoms with Crippen LogP contribution in [-0.4, -0.2) is 93.2 Å². The number of ether oxygens (including phenoxy) is 6. The number of hydrogen-bond donors (Lipinski definition) is 3. The summed E-state index contributed by atoms with van der Waals surface area (Å²) in [5.74, 6) is -5.61. The summed E-state index contributed by atoms with van der Waals surface area (Å²) < 4.78 is 56.4. The zero-order valence-electron chi connectivity index (χ0n) is 27.3. The van der Waals surface area contributed by atoms with E-state index in [2.05, 4.69) is 15.3 Å². The molecule has 3 aliphatic heterocycles. The zero-order chi connectivity index (χ0) is 34.6. The van der Waals surface area contributed by atoms with E-state index in [-0.39, 0.29) is 11.4 Å². The number of carbonyl (C=O) groups is 3. The Hall–Kier alpha value is -3.12. The largest absolute Gasteiger partial charge is 0.515 e. The van der Waals surface area contributed by atoms with Crippen LogP contribution >= 0.6 is 7.60 Å². The summed E-state index contributed by atoms with van der Waals surface area (Å²) in [5.41, 5.74) is -3.06. The van der Waals surface area contributed by atoms with Crippen molar-refractivity contribution in [2.45, 2.75) is 110 Å². The molecule has 3 N–H and O–H groups in total. The van der Waals surface area contributed by atoms with Gasteiger partial charge in [0.25, 0.3) is 0 Å². The molecule has 4 rings (SSSR count). The predicted molar refractivity (Wildman–Crippen MR) is 156 cm³/mol. The quantitative estimate of drug-likeness (QED) is 0.180. The number of carbonyl (C=O) groups excluding carboxylic acids is 3. The lowest BCUT2D eigenvalue weighted by atomic mass is 9.81. The minimum Gasteiger partial charge on any atom is -0.444 e. The van der Waals surface area contributed by atoms with Gasteiger partial charge >= 0.3 is 25.9 Å². The summed E-state index contributed by atoms with van der Waals surface area (Å²) in [5, 5.41) is 25.4. The second-order valence-corrected chi connectivity index (χ2v) is 15.9. The number of hydrogen-bond acceptors (Lipinski definition) is 16. The number of nitrogens with one attached hydrogen (secondary N) is 1. The van der Waals surface area contributed by atoms with Gasteiger partial charge in [0, 0.05) is 7.11 Å². The van der Waals surface area contributed by atoms with Crippen molar-refractivity contribution in [1.29, 1.82) is 0 Å². The third kappa shape index (κ3) is 8.05. The third-order valence-corrected chi connectivity index (χ3v) is 7.98. The Kier molecular flexibility index (Phi) is 9.44. The van der Waals surface area contributed by atoms with Crippen LogP contribution in [0.3, 0.4) is 0 Å². The molecule has 2 saturated heterocycles. The van der Waals surface area contributed by atoms with E-state index in [1.54, 1.807) is 62.3 Å². The second-order valence-electron chi connectivity index (χ2n) is 13.8. The molecule has 18 nitrogen and oxygen atoms in total. The van der Waals surface area contributed by atoms with E-state index >= 15 is 0 Å². The van der Waals surface area contributed by atoms with Crippen LogP contribution in [0.4, 0.5) is 26.1 Å². The van der Waals surface area contributed by atoms with Crippen LogP contribution in [0, 0.1) is 5.92 Å². The maximum atomic E-state index is 13.8. The Morgan fingerprint density at radius 1 is 0.978 bits per heavy atom. The fraction of sp³-hybridized carbons (Fsp3) is 0.741. The van der Waals surface area contributed by atoms with Crippen molar-refractivity contribution in [3.8, 4) is 5.88 Å². The Morgan fingerprint density at radius 3 is 2.15 bits per heavy atom. The maximum Gasteiger partial charge on any atom is 0.515 e. The third-order valence-electron chi connectivity index (χ3n) is 6.41. The topological polar surface area (TPSA) is 224 Å². The number of aliphatic hydroxyl groups is 2. The van der Waals surface area contributed by atoms with E-state index in [1.807, 2.05) is 0 Å². The van der Waals surface area contributed by atoms with Gasteiger partial charge in [-0.3, -0.25) is 14.4 Å². The lowest BCUT2D eigenvalue weighted by Gasteiger charge is -2.54. The highest BCUT2D eigenvalue weighted by molar-refractivity contribution is 7.53. The van der Waals surface area contributed by atoms with Crippen molar-refractivity contribution in [2.24, 2.45) is 5.92 Å². The van der Waals surface area contributed by atoms with Gasteiger partial charge in [-0.15, -0.1) is 0 Å². The average molecular weight is 677 g/mol. The molecule has 258 valence electrons. The van der Waals surface area contributed by atoms with Crippen LogP contribution in [0.25, 0.3) is 0 Å². The number of aromatic nitrogens is 2. The standard InChI is InChI=1S/C27H41N4O14P/c1-24(2,3)42-21(32)30-20-28-16-13(17(29-20)40-23(34)44-26(7,8)9)11-14-18(31(16)22(33)43-25(4,5)6)41-19-15(27(14,35)36)45-46(37,38-10)12-39-19/h14-15,18-19,35-36H,11-12H2,1-10H3,(H,28,29,30,32)/t14-,15+,18-,19+,46?/m1/s1. The molecular formula is C27H41N4O14P. The molecule has 3 aliphatic rings. The Balaban J connectivity index is 1.87. The Labute approximate surface area is 265 Å². The Bertz CT molecular complexity index is 1420. The Morgan fingerprint density at radius 2 is 1.59 bits per heavy atom. The second kappa shape index (κ2) is 12.2. The number of fused-ring (bicyclic) bond motifs is 3. The number of anilines is 2. The zero-order valence-corrected chi connectivity index (χ0v) is 28.2. The highest BCUT2D eigenvalue weighted by Gasteiger charge is 2.64. The van der Waals surface area contributed by atoms with Gasteiger partial charge in [-0.25, -0.2) is 19.3 Å². The molecule has 0 radical (unpaired) electrons. The van der Waals surface area contributed by atoms with Gasteiger partial charge in [-0.1, -0.05) is 0 Å². The molecule has 1 aromatic heterocycles. The molecule has 4 heterocycles.